The zero-order chi connectivity index (χ0) is 28.0. The molecule has 1 amide bonds. The molecule has 0 radical (unpaired) electrons. The molecule has 6 rings (SSSR count). The quantitative estimate of drug-likeness (QED) is 0.289. The van der Waals surface area contributed by atoms with Crippen molar-refractivity contribution in [3.05, 3.63) is 59.6 Å². The number of carbonyl (C=O) groups excluding carboxylic acids is 1. The maximum atomic E-state index is 12.9. The van der Waals surface area contributed by atoms with E-state index < -0.39 is 0 Å². The standard InChI is InChI=1S/C32H38N8O/c1-2-10-26-25(14-13-22-17-24(19-33-18-22)35-32(41)23-11-6-3-4-7-12-23)29(39-38-26)31-36-27-20-34-21-28(30(27)37-31)40-15-8-5-9-16-40/h2,10,14,17-21,23,38H,1,3-9,11-13,15-16H2,(H,35,41)(H,36,37)/b25-14+,26-10+. The zero-order valence-electron chi connectivity index (χ0n) is 23.5. The average molecular weight is 551 g/mol. The van der Waals surface area contributed by atoms with E-state index >= 15 is 0 Å². The summed E-state index contributed by atoms with van der Waals surface area (Å²) in [6.45, 7) is 5.92. The van der Waals surface area contributed by atoms with Gasteiger partial charge in [0.15, 0.2) is 5.82 Å². The van der Waals surface area contributed by atoms with Crippen LogP contribution in [0.4, 0.5) is 11.4 Å². The molecule has 0 aromatic carbocycles. The van der Waals surface area contributed by atoms with Crippen LogP contribution in [0.2, 0.25) is 0 Å². The van der Waals surface area contributed by atoms with Crippen LogP contribution in [-0.2, 0) is 11.2 Å². The Morgan fingerprint density at radius 3 is 2.61 bits per heavy atom. The number of fused-ring (bicyclic) bond motifs is 1. The number of hydrogen-bond donors (Lipinski definition) is 3. The minimum Gasteiger partial charge on any atom is -0.368 e. The van der Waals surface area contributed by atoms with Crippen molar-refractivity contribution in [2.75, 3.05) is 23.3 Å². The number of allylic oxidation sites excluding steroid dienone is 1. The summed E-state index contributed by atoms with van der Waals surface area (Å²) in [5.41, 5.74) is 5.36. The molecule has 4 aromatic heterocycles. The van der Waals surface area contributed by atoms with Crippen molar-refractivity contribution in [3.63, 3.8) is 0 Å². The monoisotopic (exact) mass is 550 g/mol. The highest BCUT2D eigenvalue weighted by molar-refractivity contribution is 5.92. The number of anilines is 2. The minimum absolute atomic E-state index is 0.0904. The molecule has 41 heavy (non-hydrogen) atoms. The van der Waals surface area contributed by atoms with E-state index in [9.17, 15) is 4.79 Å². The lowest BCUT2D eigenvalue weighted by atomic mass is 9.99. The van der Waals surface area contributed by atoms with Gasteiger partial charge in [0, 0.05) is 30.4 Å². The normalized spacial score (nSPS) is 17.6. The molecule has 2 fully saturated rings. The number of hydrogen-bond acceptors (Lipinski definition) is 6. The number of imidazole rings is 1. The van der Waals surface area contributed by atoms with Gasteiger partial charge < -0.3 is 15.2 Å². The van der Waals surface area contributed by atoms with Crippen molar-refractivity contribution >= 4 is 40.5 Å². The Balaban J connectivity index is 1.28. The second-order valence-electron chi connectivity index (χ2n) is 11.2. The molecule has 0 atom stereocenters. The molecule has 1 saturated carbocycles. The third-order valence-electron chi connectivity index (χ3n) is 8.24. The van der Waals surface area contributed by atoms with Crippen molar-refractivity contribution in [1.29, 1.82) is 0 Å². The Kier molecular flexibility index (Phi) is 8.21. The van der Waals surface area contributed by atoms with Gasteiger partial charge in [-0.3, -0.25) is 19.9 Å². The first-order valence-electron chi connectivity index (χ1n) is 14.9. The first-order chi connectivity index (χ1) is 20.2. The Morgan fingerprint density at radius 1 is 1.02 bits per heavy atom. The molecular weight excluding hydrogens is 512 g/mol. The highest BCUT2D eigenvalue weighted by Crippen LogP contribution is 2.28. The summed E-state index contributed by atoms with van der Waals surface area (Å²) in [6.07, 6.45) is 24.0. The molecule has 1 aliphatic carbocycles. The Hall–Kier alpha value is -4.27. The number of aromatic amines is 2. The summed E-state index contributed by atoms with van der Waals surface area (Å²) >= 11 is 0. The van der Waals surface area contributed by atoms with Crippen molar-refractivity contribution < 1.29 is 4.79 Å². The van der Waals surface area contributed by atoms with Crippen LogP contribution in [0, 0.1) is 5.92 Å². The highest BCUT2D eigenvalue weighted by atomic mass is 16.1. The van der Waals surface area contributed by atoms with Crippen LogP contribution in [-0.4, -0.2) is 49.1 Å². The van der Waals surface area contributed by atoms with Gasteiger partial charge in [0.2, 0.25) is 5.91 Å². The highest BCUT2D eigenvalue weighted by Gasteiger charge is 2.21. The third-order valence-corrected chi connectivity index (χ3v) is 8.24. The van der Waals surface area contributed by atoms with E-state index in [1.54, 1.807) is 12.3 Å². The topological polar surface area (TPSA) is 115 Å². The van der Waals surface area contributed by atoms with Gasteiger partial charge in [-0.1, -0.05) is 44.4 Å². The Morgan fingerprint density at radius 2 is 1.80 bits per heavy atom. The molecule has 4 aromatic rings. The van der Waals surface area contributed by atoms with Crippen molar-refractivity contribution in [1.82, 2.24) is 30.1 Å². The Bertz CT molecular complexity index is 1640. The molecule has 5 heterocycles. The van der Waals surface area contributed by atoms with E-state index in [1.807, 2.05) is 30.7 Å². The second-order valence-corrected chi connectivity index (χ2v) is 11.2. The van der Waals surface area contributed by atoms with Gasteiger partial charge in [0.25, 0.3) is 0 Å². The number of pyridine rings is 2. The summed E-state index contributed by atoms with van der Waals surface area (Å²) in [5.74, 6) is 0.894. The molecular formula is C32H38N8O. The molecule has 3 N–H and O–H groups in total. The van der Waals surface area contributed by atoms with E-state index in [0.717, 1.165) is 83.0 Å². The number of rotatable bonds is 7. The largest absolute Gasteiger partial charge is 0.368 e. The number of nitrogens with zero attached hydrogens (tertiary/aromatic N) is 5. The number of nitrogens with one attached hydrogen (secondary N) is 3. The van der Waals surface area contributed by atoms with Crippen LogP contribution in [0.15, 0.2) is 43.5 Å². The summed E-state index contributed by atoms with van der Waals surface area (Å²) < 4.78 is 0. The fraction of sp³-hybridized carbons (Fsp3) is 0.406. The van der Waals surface area contributed by atoms with Crippen LogP contribution in [0.25, 0.3) is 34.7 Å². The zero-order valence-corrected chi connectivity index (χ0v) is 23.5. The fourth-order valence-corrected chi connectivity index (χ4v) is 6.07. The average Bonchev–Trinajstić information content (AvgIpc) is 3.50. The van der Waals surface area contributed by atoms with Crippen molar-refractivity contribution in [3.8, 4) is 11.5 Å². The molecule has 0 unspecified atom stereocenters. The van der Waals surface area contributed by atoms with Crippen LogP contribution in [0.1, 0.15) is 63.4 Å². The first kappa shape index (κ1) is 26.9. The van der Waals surface area contributed by atoms with Gasteiger partial charge in [-0.05, 0) is 56.2 Å². The van der Waals surface area contributed by atoms with Gasteiger partial charge in [-0.25, -0.2) is 4.98 Å². The summed E-state index contributed by atoms with van der Waals surface area (Å²) in [7, 11) is 0. The molecule has 0 bridgehead atoms. The van der Waals surface area contributed by atoms with Gasteiger partial charge in [-0.15, -0.1) is 0 Å². The third kappa shape index (κ3) is 6.09. The summed E-state index contributed by atoms with van der Waals surface area (Å²) in [4.78, 5) is 32.6. The predicted octanol–water partition coefficient (Wildman–Crippen LogP) is 4.63. The second kappa shape index (κ2) is 12.5. The van der Waals surface area contributed by atoms with Gasteiger partial charge in [-0.2, -0.15) is 5.10 Å². The number of piperidine rings is 1. The van der Waals surface area contributed by atoms with E-state index in [-0.39, 0.29) is 11.8 Å². The fourth-order valence-electron chi connectivity index (χ4n) is 6.07. The molecule has 1 saturated heterocycles. The lowest BCUT2D eigenvalue weighted by Gasteiger charge is -2.28. The van der Waals surface area contributed by atoms with E-state index in [1.165, 1.54) is 32.1 Å². The van der Waals surface area contributed by atoms with Crippen LogP contribution in [0.3, 0.4) is 0 Å². The van der Waals surface area contributed by atoms with E-state index in [0.29, 0.717) is 12.2 Å². The summed E-state index contributed by atoms with van der Waals surface area (Å²) in [6, 6.07) is 2.01. The van der Waals surface area contributed by atoms with E-state index in [4.69, 9.17) is 4.98 Å². The van der Waals surface area contributed by atoms with Gasteiger partial charge in [0.05, 0.1) is 40.8 Å². The SMILES string of the molecule is C=C/C=c1/[nH]nc(-c2nc3c(N4CCCCC4)cncc3[nH]2)/c1=C/Cc1cncc(NC(=O)C2CCCCCC2)c1. The first-order valence-corrected chi connectivity index (χ1v) is 14.9. The predicted molar refractivity (Wildman–Crippen MR) is 164 cm³/mol. The van der Waals surface area contributed by atoms with Crippen LogP contribution in [0.5, 0.6) is 0 Å². The van der Waals surface area contributed by atoms with Crippen LogP contribution < -0.4 is 20.8 Å². The van der Waals surface area contributed by atoms with Crippen molar-refractivity contribution in [2.24, 2.45) is 5.92 Å². The Labute approximate surface area is 239 Å². The molecule has 9 heteroatoms. The number of H-pyrrole nitrogens is 2. The minimum atomic E-state index is 0.0904. The smallest absolute Gasteiger partial charge is 0.227 e. The molecule has 0 spiro atoms. The molecule has 1 aliphatic heterocycles. The number of aromatic nitrogens is 6. The maximum Gasteiger partial charge on any atom is 0.227 e. The summed E-state index contributed by atoms with van der Waals surface area (Å²) in [5, 5.41) is 12.7. The molecule has 9 nitrogen and oxygen atoms in total. The van der Waals surface area contributed by atoms with Crippen molar-refractivity contribution in [2.45, 2.75) is 64.2 Å². The number of amides is 1. The van der Waals surface area contributed by atoms with Gasteiger partial charge >= 0.3 is 0 Å². The molecule has 2 aliphatic rings. The van der Waals surface area contributed by atoms with E-state index in [2.05, 4.69) is 48.0 Å². The van der Waals surface area contributed by atoms with Crippen LogP contribution >= 0.6 is 0 Å². The van der Waals surface area contributed by atoms with Gasteiger partial charge in [0.1, 0.15) is 11.2 Å². The number of carbonyl (C=O) groups is 1. The lowest BCUT2D eigenvalue weighted by Crippen LogP contribution is -2.29. The molecule has 212 valence electrons. The maximum absolute atomic E-state index is 12.9. The lowest BCUT2D eigenvalue weighted by molar-refractivity contribution is -0.120.